The van der Waals surface area contributed by atoms with Gasteiger partial charge < -0.3 is 0 Å². The molecule has 0 fully saturated rings. The van der Waals surface area contributed by atoms with Crippen molar-refractivity contribution in [1.82, 2.24) is 0 Å². The zero-order valence-corrected chi connectivity index (χ0v) is 7.90. The quantitative estimate of drug-likeness (QED) is 0.618. The molecule has 0 amide bonds. The summed E-state index contributed by atoms with van der Waals surface area (Å²) >= 11 is 1.94. The first-order valence-electron chi connectivity index (χ1n) is 4.04. The van der Waals surface area contributed by atoms with Crippen LogP contribution in [0.2, 0.25) is 0 Å². The number of thioether (sulfide) groups is 1. The van der Waals surface area contributed by atoms with Crippen LogP contribution in [0.3, 0.4) is 0 Å². The lowest BCUT2D eigenvalue weighted by Crippen LogP contribution is -1.90. The van der Waals surface area contributed by atoms with Crippen molar-refractivity contribution in [1.29, 1.82) is 0 Å². The SMILES string of the molecule is CC[C@H](C)Sc1ccccc1. The molecule has 0 radical (unpaired) electrons. The van der Waals surface area contributed by atoms with Gasteiger partial charge in [0.15, 0.2) is 0 Å². The molecular formula is C10H14S. The molecule has 0 aliphatic heterocycles. The fraction of sp³-hybridized carbons (Fsp3) is 0.400. The Kier molecular flexibility index (Phi) is 3.50. The van der Waals surface area contributed by atoms with Crippen LogP contribution < -0.4 is 0 Å². The molecule has 0 unspecified atom stereocenters. The highest BCUT2D eigenvalue weighted by Gasteiger charge is 1.99. The van der Waals surface area contributed by atoms with Crippen LogP contribution in [-0.2, 0) is 0 Å². The van der Waals surface area contributed by atoms with Crippen LogP contribution in [0.15, 0.2) is 35.2 Å². The maximum atomic E-state index is 2.26. The van der Waals surface area contributed by atoms with Gasteiger partial charge in [-0.15, -0.1) is 11.8 Å². The molecule has 11 heavy (non-hydrogen) atoms. The Morgan fingerprint density at radius 2 is 1.91 bits per heavy atom. The molecule has 0 spiro atoms. The predicted molar refractivity (Wildman–Crippen MR) is 52.1 cm³/mol. The molecule has 0 aromatic heterocycles. The summed E-state index contributed by atoms with van der Waals surface area (Å²) in [6, 6.07) is 10.6. The van der Waals surface area contributed by atoms with E-state index in [1.165, 1.54) is 11.3 Å². The standard InChI is InChI=1S/C10H14S/c1-3-9(2)11-10-7-5-4-6-8-10/h4-9H,3H2,1-2H3/t9-/m0/s1. The highest BCUT2D eigenvalue weighted by Crippen LogP contribution is 2.23. The van der Waals surface area contributed by atoms with Gasteiger partial charge >= 0.3 is 0 Å². The molecule has 1 heteroatoms. The van der Waals surface area contributed by atoms with Gasteiger partial charge in [-0.05, 0) is 18.6 Å². The van der Waals surface area contributed by atoms with E-state index in [0.717, 1.165) is 5.25 Å². The van der Waals surface area contributed by atoms with Gasteiger partial charge in [-0.25, -0.2) is 0 Å². The molecule has 0 heterocycles. The largest absolute Gasteiger partial charge is 0.123 e. The summed E-state index contributed by atoms with van der Waals surface area (Å²) in [6.07, 6.45) is 1.24. The normalized spacial score (nSPS) is 12.9. The average molecular weight is 166 g/mol. The third kappa shape index (κ3) is 2.98. The van der Waals surface area contributed by atoms with E-state index in [2.05, 4.69) is 44.2 Å². The van der Waals surface area contributed by atoms with Gasteiger partial charge in [0.05, 0.1) is 0 Å². The summed E-state index contributed by atoms with van der Waals surface area (Å²) in [6.45, 7) is 4.48. The summed E-state index contributed by atoms with van der Waals surface area (Å²) in [5, 5.41) is 0.734. The second-order valence-corrected chi connectivity index (χ2v) is 4.16. The van der Waals surface area contributed by atoms with Crippen molar-refractivity contribution in [3.8, 4) is 0 Å². The lowest BCUT2D eigenvalue weighted by atomic mass is 10.4. The smallest absolute Gasteiger partial charge is 0.00746 e. The maximum Gasteiger partial charge on any atom is 0.00746 e. The summed E-state index contributed by atoms with van der Waals surface area (Å²) < 4.78 is 0. The number of rotatable bonds is 3. The van der Waals surface area contributed by atoms with Crippen LogP contribution >= 0.6 is 11.8 Å². The first-order valence-corrected chi connectivity index (χ1v) is 4.92. The van der Waals surface area contributed by atoms with Gasteiger partial charge in [0.1, 0.15) is 0 Å². The lowest BCUT2D eigenvalue weighted by molar-refractivity contribution is 0.905. The van der Waals surface area contributed by atoms with Crippen LogP contribution in [-0.4, -0.2) is 5.25 Å². The second kappa shape index (κ2) is 4.45. The van der Waals surface area contributed by atoms with Gasteiger partial charge in [-0.1, -0.05) is 32.0 Å². The van der Waals surface area contributed by atoms with Crippen molar-refractivity contribution in [2.75, 3.05) is 0 Å². The van der Waals surface area contributed by atoms with Gasteiger partial charge in [0.2, 0.25) is 0 Å². The van der Waals surface area contributed by atoms with E-state index in [9.17, 15) is 0 Å². The summed E-state index contributed by atoms with van der Waals surface area (Å²) in [4.78, 5) is 1.38. The Hall–Kier alpha value is -0.430. The minimum absolute atomic E-state index is 0.734. The van der Waals surface area contributed by atoms with Crippen LogP contribution in [0.4, 0.5) is 0 Å². The van der Waals surface area contributed by atoms with Crippen molar-refractivity contribution < 1.29 is 0 Å². The highest BCUT2D eigenvalue weighted by molar-refractivity contribution is 7.99. The molecule has 1 rings (SSSR count). The first-order chi connectivity index (χ1) is 5.33. The molecule has 0 bridgehead atoms. The molecule has 0 aliphatic rings. The number of benzene rings is 1. The fourth-order valence-corrected chi connectivity index (χ4v) is 1.76. The lowest BCUT2D eigenvalue weighted by Gasteiger charge is -2.06. The summed E-state index contributed by atoms with van der Waals surface area (Å²) in [5.41, 5.74) is 0. The molecule has 1 aromatic carbocycles. The molecule has 0 aliphatic carbocycles. The Labute approximate surface area is 73.0 Å². The van der Waals surface area contributed by atoms with Crippen LogP contribution in [0, 0.1) is 0 Å². The maximum absolute atomic E-state index is 2.26. The molecule has 0 saturated carbocycles. The number of hydrogen-bond acceptors (Lipinski definition) is 1. The van der Waals surface area contributed by atoms with Gasteiger partial charge in [-0.2, -0.15) is 0 Å². The second-order valence-electron chi connectivity index (χ2n) is 2.65. The van der Waals surface area contributed by atoms with Crippen LogP contribution in [0.1, 0.15) is 20.3 Å². The monoisotopic (exact) mass is 166 g/mol. The third-order valence-corrected chi connectivity index (χ3v) is 2.94. The van der Waals surface area contributed by atoms with E-state index < -0.39 is 0 Å². The zero-order valence-electron chi connectivity index (χ0n) is 7.08. The minimum Gasteiger partial charge on any atom is -0.123 e. The Bertz CT molecular complexity index is 193. The van der Waals surface area contributed by atoms with E-state index in [0.29, 0.717) is 0 Å². The van der Waals surface area contributed by atoms with E-state index in [1.54, 1.807) is 0 Å². The molecule has 0 saturated heterocycles. The van der Waals surface area contributed by atoms with E-state index in [4.69, 9.17) is 0 Å². The van der Waals surface area contributed by atoms with Crippen molar-refractivity contribution >= 4 is 11.8 Å². The predicted octanol–water partition coefficient (Wildman–Crippen LogP) is 3.58. The Morgan fingerprint density at radius 1 is 1.27 bits per heavy atom. The zero-order chi connectivity index (χ0) is 8.10. The Morgan fingerprint density at radius 3 is 2.45 bits per heavy atom. The van der Waals surface area contributed by atoms with Crippen molar-refractivity contribution in [3.05, 3.63) is 30.3 Å². The molecule has 0 nitrogen and oxygen atoms in total. The van der Waals surface area contributed by atoms with E-state index >= 15 is 0 Å². The van der Waals surface area contributed by atoms with Crippen LogP contribution in [0.25, 0.3) is 0 Å². The summed E-state index contributed by atoms with van der Waals surface area (Å²) in [5.74, 6) is 0. The Balaban J connectivity index is 2.51. The van der Waals surface area contributed by atoms with Gasteiger partial charge in [-0.3, -0.25) is 0 Å². The molecule has 1 aromatic rings. The van der Waals surface area contributed by atoms with Gasteiger partial charge in [0.25, 0.3) is 0 Å². The van der Waals surface area contributed by atoms with Crippen molar-refractivity contribution in [2.45, 2.75) is 30.4 Å². The first kappa shape index (κ1) is 8.66. The number of hydrogen-bond donors (Lipinski definition) is 0. The fourth-order valence-electron chi connectivity index (χ4n) is 0.815. The molecule has 60 valence electrons. The topological polar surface area (TPSA) is 0 Å². The van der Waals surface area contributed by atoms with Crippen molar-refractivity contribution in [3.63, 3.8) is 0 Å². The molecule has 1 atom stereocenters. The van der Waals surface area contributed by atoms with E-state index in [1.807, 2.05) is 11.8 Å². The third-order valence-electron chi connectivity index (χ3n) is 1.66. The minimum atomic E-state index is 0.734. The summed E-state index contributed by atoms with van der Waals surface area (Å²) in [7, 11) is 0. The average Bonchev–Trinajstić information content (AvgIpc) is 2.06. The molecular weight excluding hydrogens is 152 g/mol. The van der Waals surface area contributed by atoms with Crippen LogP contribution in [0.5, 0.6) is 0 Å². The van der Waals surface area contributed by atoms with E-state index in [-0.39, 0.29) is 0 Å². The molecule has 0 N–H and O–H groups in total. The van der Waals surface area contributed by atoms with Gasteiger partial charge in [0, 0.05) is 10.1 Å². The highest BCUT2D eigenvalue weighted by atomic mass is 32.2. The van der Waals surface area contributed by atoms with Crippen molar-refractivity contribution in [2.24, 2.45) is 0 Å².